The Kier molecular flexibility index (Phi) is 6.81. The predicted molar refractivity (Wildman–Crippen MR) is 78.1 cm³/mol. The van der Waals surface area contributed by atoms with Gasteiger partial charge in [-0.1, -0.05) is 17.7 Å². The number of benzene rings is 1. The molecule has 0 heterocycles. The topological polar surface area (TPSA) is 84.9 Å². The second kappa shape index (κ2) is 8.36. The van der Waals surface area contributed by atoms with E-state index in [1.54, 1.807) is 12.1 Å². The van der Waals surface area contributed by atoms with Gasteiger partial charge < -0.3 is 19.9 Å². The van der Waals surface area contributed by atoms with Crippen LogP contribution in [0.1, 0.15) is 18.4 Å². The number of carbonyl (C=O) groups excluding carboxylic acids is 1. The van der Waals surface area contributed by atoms with Crippen LogP contribution >= 0.6 is 11.6 Å². The first-order valence-corrected chi connectivity index (χ1v) is 6.72. The molecule has 1 atom stereocenters. The number of carbonyl (C=O) groups is 2. The summed E-state index contributed by atoms with van der Waals surface area (Å²) in [4.78, 5) is 21.3. The number of rotatable bonds is 9. The molecule has 0 spiro atoms. The number of hydrogen-bond acceptors (Lipinski definition) is 4. The Morgan fingerprint density at radius 3 is 2.67 bits per heavy atom. The summed E-state index contributed by atoms with van der Waals surface area (Å²) in [7, 11) is 3.00. The zero-order valence-electron chi connectivity index (χ0n) is 11.9. The summed E-state index contributed by atoms with van der Waals surface area (Å²) in [5.74, 6) is 0.0162. The van der Waals surface area contributed by atoms with E-state index in [2.05, 4.69) is 5.32 Å². The van der Waals surface area contributed by atoms with Gasteiger partial charge in [0.2, 0.25) is 6.41 Å². The van der Waals surface area contributed by atoms with Crippen molar-refractivity contribution in [1.29, 1.82) is 0 Å². The van der Waals surface area contributed by atoms with Crippen LogP contribution in [-0.2, 0) is 16.0 Å². The zero-order valence-corrected chi connectivity index (χ0v) is 12.6. The smallest absolute Gasteiger partial charge is 0.303 e. The van der Waals surface area contributed by atoms with Gasteiger partial charge in [0.25, 0.3) is 0 Å². The lowest BCUT2D eigenvalue weighted by molar-refractivity contribution is -0.137. The fraction of sp³-hybridized carbons (Fsp3) is 0.429. The van der Waals surface area contributed by atoms with E-state index >= 15 is 0 Å². The molecule has 1 aromatic carbocycles. The number of nitrogens with one attached hydrogen (secondary N) is 1. The van der Waals surface area contributed by atoms with Gasteiger partial charge in [0.15, 0.2) is 11.5 Å². The molecule has 0 bridgehead atoms. The number of carboxylic acid groups (broad SMARTS) is 1. The number of hydrogen-bond donors (Lipinski definition) is 2. The Labute approximate surface area is 128 Å². The van der Waals surface area contributed by atoms with E-state index in [1.165, 1.54) is 14.2 Å². The van der Waals surface area contributed by atoms with Gasteiger partial charge in [0.1, 0.15) is 0 Å². The Bertz CT molecular complexity index is 506. The quantitative estimate of drug-likeness (QED) is 0.680. The fourth-order valence-corrected chi connectivity index (χ4v) is 2.30. The third-order valence-corrected chi connectivity index (χ3v) is 3.46. The minimum Gasteiger partial charge on any atom is -0.493 e. The number of amides is 1. The minimum atomic E-state index is -0.911. The monoisotopic (exact) mass is 315 g/mol. The van der Waals surface area contributed by atoms with Gasteiger partial charge in [-0.25, -0.2) is 0 Å². The lowest BCUT2D eigenvalue weighted by Crippen LogP contribution is -2.30. The van der Waals surface area contributed by atoms with E-state index in [1.807, 2.05) is 0 Å². The van der Waals surface area contributed by atoms with Crippen LogP contribution in [0, 0.1) is 0 Å². The SMILES string of the molecule is COc1ccc(CC(CCC(=O)O)NC=O)c(Cl)c1OC. The summed E-state index contributed by atoms with van der Waals surface area (Å²) in [5.41, 5.74) is 0.749. The molecule has 0 aliphatic carbocycles. The van der Waals surface area contributed by atoms with Gasteiger partial charge in [0.05, 0.1) is 19.2 Å². The lowest BCUT2D eigenvalue weighted by Gasteiger charge is -2.18. The van der Waals surface area contributed by atoms with Crippen LogP contribution in [0.25, 0.3) is 0 Å². The van der Waals surface area contributed by atoms with E-state index in [0.717, 1.165) is 5.56 Å². The highest BCUT2D eigenvalue weighted by atomic mass is 35.5. The van der Waals surface area contributed by atoms with Crippen LogP contribution in [0.5, 0.6) is 11.5 Å². The van der Waals surface area contributed by atoms with Crippen LogP contribution in [-0.4, -0.2) is 37.7 Å². The summed E-state index contributed by atoms with van der Waals surface area (Å²) in [6, 6.07) is 3.17. The van der Waals surface area contributed by atoms with Crippen molar-refractivity contribution in [2.24, 2.45) is 0 Å². The summed E-state index contributed by atoms with van der Waals surface area (Å²) in [5, 5.41) is 11.7. The third kappa shape index (κ3) is 4.82. The first-order chi connectivity index (χ1) is 10.0. The molecule has 7 heteroatoms. The van der Waals surface area contributed by atoms with Gasteiger partial charge in [-0.05, 0) is 24.5 Å². The highest BCUT2D eigenvalue weighted by molar-refractivity contribution is 6.33. The Hall–Kier alpha value is -1.95. The maximum Gasteiger partial charge on any atom is 0.303 e. The molecule has 0 radical (unpaired) electrons. The Morgan fingerprint density at radius 2 is 2.14 bits per heavy atom. The summed E-state index contributed by atoms with van der Waals surface area (Å²) >= 11 is 6.26. The van der Waals surface area contributed by atoms with E-state index < -0.39 is 5.97 Å². The van der Waals surface area contributed by atoms with E-state index in [-0.39, 0.29) is 12.5 Å². The zero-order chi connectivity index (χ0) is 15.8. The second-order valence-corrected chi connectivity index (χ2v) is 4.77. The normalized spacial score (nSPS) is 11.6. The maximum absolute atomic E-state index is 10.6. The average molecular weight is 316 g/mol. The molecule has 0 saturated heterocycles. The van der Waals surface area contributed by atoms with E-state index in [4.69, 9.17) is 26.2 Å². The minimum absolute atomic E-state index is 0.0313. The molecular weight excluding hydrogens is 298 g/mol. The van der Waals surface area contributed by atoms with Gasteiger partial charge >= 0.3 is 5.97 Å². The van der Waals surface area contributed by atoms with Crippen molar-refractivity contribution in [3.8, 4) is 11.5 Å². The van der Waals surface area contributed by atoms with Crippen molar-refractivity contribution in [3.63, 3.8) is 0 Å². The molecule has 1 rings (SSSR count). The number of methoxy groups -OCH3 is 2. The molecule has 116 valence electrons. The molecule has 2 N–H and O–H groups in total. The molecule has 0 aliphatic rings. The van der Waals surface area contributed by atoms with Crippen molar-refractivity contribution in [1.82, 2.24) is 5.32 Å². The maximum atomic E-state index is 10.6. The highest BCUT2D eigenvalue weighted by Crippen LogP contribution is 2.37. The number of aliphatic carboxylic acids is 1. The Morgan fingerprint density at radius 1 is 1.43 bits per heavy atom. The van der Waals surface area contributed by atoms with E-state index in [0.29, 0.717) is 35.8 Å². The molecule has 6 nitrogen and oxygen atoms in total. The summed E-state index contributed by atoms with van der Waals surface area (Å²) in [6.07, 6.45) is 1.25. The van der Waals surface area contributed by atoms with Crippen molar-refractivity contribution in [3.05, 3.63) is 22.7 Å². The second-order valence-electron chi connectivity index (χ2n) is 4.39. The molecule has 1 unspecified atom stereocenters. The van der Waals surface area contributed by atoms with Crippen molar-refractivity contribution >= 4 is 24.0 Å². The van der Waals surface area contributed by atoms with E-state index in [9.17, 15) is 9.59 Å². The third-order valence-electron chi connectivity index (χ3n) is 3.04. The van der Waals surface area contributed by atoms with Crippen LogP contribution in [0.2, 0.25) is 5.02 Å². The number of halogens is 1. The Balaban J connectivity index is 2.92. The summed E-state index contributed by atoms with van der Waals surface area (Å²) in [6.45, 7) is 0. The fourth-order valence-electron chi connectivity index (χ4n) is 1.99. The molecule has 1 amide bonds. The number of ether oxygens (including phenoxy) is 2. The van der Waals surface area contributed by atoms with Crippen molar-refractivity contribution in [2.45, 2.75) is 25.3 Å². The van der Waals surface area contributed by atoms with Crippen LogP contribution < -0.4 is 14.8 Å². The average Bonchev–Trinajstić information content (AvgIpc) is 2.46. The van der Waals surface area contributed by atoms with Gasteiger partial charge in [-0.2, -0.15) is 0 Å². The van der Waals surface area contributed by atoms with Crippen LogP contribution in [0.3, 0.4) is 0 Å². The molecule has 0 aliphatic heterocycles. The largest absolute Gasteiger partial charge is 0.493 e. The van der Waals surface area contributed by atoms with Crippen molar-refractivity contribution in [2.75, 3.05) is 14.2 Å². The van der Waals surface area contributed by atoms with Gasteiger partial charge in [-0.15, -0.1) is 0 Å². The van der Waals surface area contributed by atoms with Crippen molar-refractivity contribution < 1.29 is 24.2 Å². The predicted octanol–water partition coefficient (Wildman–Crippen LogP) is 1.88. The van der Waals surface area contributed by atoms with Crippen LogP contribution in [0.4, 0.5) is 0 Å². The molecule has 0 saturated carbocycles. The standard InChI is InChI=1S/C14H18ClNO5/c1-20-11-5-3-9(13(15)14(11)21-2)7-10(16-8-17)4-6-12(18)19/h3,5,8,10H,4,6-7H2,1-2H3,(H,16,17)(H,18,19). The first kappa shape index (κ1) is 17.1. The highest BCUT2D eigenvalue weighted by Gasteiger charge is 2.17. The molecule has 0 aromatic heterocycles. The molecular formula is C14H18ClNO5. The lowest BCUT2D eigenvalue weighted by atomic mass is 10.0. The van der Waals surface area contributed by atoms with Gasteiger partial charge in [-0.3, -0.25) is 9.59 Å². The number of carboxylic acids is 1. The van der Waals surface area contributed by atoms with Gasteiger partial charge in [0, 0.05) is 12.5 Å². The molecule has 1 aromatic rings. The summed E-state index contributed by atoms with van der Waals surface area (Å²) < 4.78 is 10.4. The molecule has 21 heavy (non-hydrogen) atoms. The van der Waals surface area contributed by atoms with Crippen LogP contribution in [0.15, 0.2) is 12.1 Å². The first-order valence-electron chi connectivity index (χ1n) is 6.34. The molecule has 0 fully saturated rings.